The van der Waals surface area contributed by atoms with Crippen LogP contribution in [0.15, 0.2) is 24.3 Å². The number of nitrogens with zero attached hydrogens (tertiary/aromatic N) is 1. The zero-order valence-electron chi connectivity index (χ0n) is 11.3. The molecule has 2 rings (SSSR count). The molecule has 1 saturated heterocycles. The van der Waals surface area contributed by atoms with Gasteiger partial charge in [-0.2, -0.15) is 0 Å². The van der Waals surface area contributed by atoms with E-state index in [1.165, 1.54) is 12.0 Å². The Kier molecular flexibility index (Phi) is 4.72. The van der Waals surface area contributed by atoms with E-state index in [9.17, 15) is 4.39 Å². The van der Waals surface area contributed by atoms with Crippen molar-refractivity contribution in [2.24, 2.45) is 0 Å². The van der Waals surface area contributed by atoms with Gasteiger partial charge >= 0.3 is 0 Å². The molecule has 0 radical (unpaired) electrons. The van der Waals surface area contributed by atoms with Crippen LogP contribution >= 0.6 is 0 Å². The number of hydrogen-bond donors (Lipinski definition) is 1. The summed E-state index contributed by atoms with van der Waals surface area (Å²) in [6.45, 7) is 7.73. The fraction of sp³-hybridized carbons (Fsp3) is 0.600. The first-order chi connectivity index (χ1) is 8.70. The van der Waals surface area contributed by atoms with Crippen molar-refractivity contribution in [3.8, 4) is 0 Å². The third-order valence-electron chi connectivity index (χ3n) is 3.90. The largest absolute Gasteiger partial charge is 0.313 e. The van der Waals surface area contributed by atoms with Crippen molar-refractivity contribution in [3.05, 3.63) is 35.6 Å². The zero-order chi connectivity index (χ0) is 13.0. The van der Waals surface area contributed by atoms with Crippen LogP contribution in [-0.2, 0) is 0 Å². The molecule has 3 heteroatoms. The smallest absolute Gasteiger partial charge is 0.123 e. The standard InChI is InChI=1S/C15H23FN2/c1-3-15-11-18(10-4-9-17-15)12(2)13-5-7-14(16)8-6-13/h5-8,12,15,17H,3-4,9-11H2,1-2H3. The summed E-state index contributed by atoms with van der Waals surface area (Å²) in [6, 6.07) is 7.85. The van der Waals surface area contributed by atoms with Crippen LogP contribution in [0.2, 0.25) is 0 Å². The van der Waals surface area contributed by atoms with Crippen LogP contribution in [-0.4, -0.2) is 30.6 Å². The van der Waals surface area contributed by atoms with E-state index in [-0.39, 0.29) is 5.82 Å². The Balaban J connectivity index is 2.06. The number of rotatable bonds is 3. The van der Waals surface area contributed by atoms with Crippen molar-refractivity contribution in [1.82, 2.24) is 10.2 Å². The minimum Gasteiger partial charge on any atom is -0.313 e. The molecule has 1 aliphatic heterocycles. The highest BCUT2D eigenvalue weighted by molar-refractivity contribution is 5.19. The van der Waals surface area contributed by atoms with Gasteiger partial charge in [-0.15, -0.1) is 0 Å². The first-order valence-electron chi connectivity index (χ1n) is 6.93. The summed E-state index contributed by atoms with van der Waals surface area (Å²) in [4.78, 5) is 2.50. The van der Waals surface area contributed by atoms with Crippen LogP contribution in [0.5, 0.6) is 0 Å². The van der Waals surface area contributed by atoms with Gasteiger partial charge in [-0.25, -0.2) is 4.39 Å². The normalized spacial score (nSPS) is 23.6. The Morgan fingerprint density at radius 2 is 2.11 bits per heavy atom. The van der Waals surface area contributed by atoms with Gasteiger partial charge in [0.25, 0.3) is 0 Å². The van der Waals surface area contributed by atoms with Gasteiger partial charge in [0.05, 0.1) is 0 Å². The van der Waals surface area contributed by atoms with Crippen LogP contribution in [0.25, 0.3) is 0 Å². The van der Waals surface area contributed by atoms with Crippen LogP contribution in [0.4, 0.5) is 4.39 Å². The van der Waals surface area contributed by atoms with Gasteiger partial charge in [-0.1, -0.05) is 19.1 Å². The summed E-state index contributed by atoms with van der Waals surface area (Å²) in [5, 5.41) is 3.58. The molecule has 1 aromatic rings. The van der Waals surface area contributed by atoms with Gasteiger partial charge in [0, 0.05) is 25.2 Å². The van der Waals surface area contributed by atoms with Crippen molar-refractivity contribution in [2.75, 3.05) is 19.6 Å². The van der Waals surface area contributed by atoms with E-state index >= 15 is 0 Å². The fourth-order valence-electron chi connectivity index (χ4n) is 2.60. The van der Waals surface area contributed by atoms with Crippen LogP contribution < -0.4 is 5.32 Å². The molecule has 0 aliphatic carbocycles. The summed E-state index contributed by atoms with van der Waals surface area (Å²) < 4.78 is 13.0. The average Bonchev–Trinajstić information content (AvgIpc) is 2.64. The van der Waals surface area contributed by atoms with Crippen molar-refractivity contribution >= 4 is 0 Å². The summed E-state index contributed by atoms with van der Waals surface area (Å²) in [7, 11) is 0. The molecule has 2 atom stereocenters. The van der Waals surface area contributed by atoms with Crippen molar-refractivity contribution < 1.29 is 4.39 Å². The number of nitrogens with one attached hydrogen (secondary N) is 1. The highest BCUT2D eigenvalue weighted by Gasteiger charge is 2.21. The minimum atomic E-state index is -0.157. The fourth-order valence-corrected chi connectivity index (χ4v) is 2.60. The molecule has 2 nitrogen and oxygen atoms in total. The third kappa shape index (κ3) is 3.30. The average molecular weight is 250 g/mol. The summed E-state index contributed by atoms with van der Waals surface area (Å²) in [5.41, 5.74) is 1.20. The molecule has 0 spiro atoms. The van der Waals surface area contributed by atoms with Gasteiger partial charge in [-0.05, 0) is 44.0 Å². The van der Waals surface area contributed by atoms with E-state index in [1.807, 2.05) is 12.1 Å². The molecule has 0 saturated carbocycles. The molecule has 2 unspecified atom stereocenters. The van der Waals surface area contributed by atoms with E-state index in [0.29, 0.717) is 12.1 Å². The topological polar surface area (TPSA) is 15.3 Å². The third-order valence-corrected chi connectivity index (χ3v) is 3.90. The number of benzene rings is 1. The molecular formula is C15H23FN2. The van der Waals surface area contributed by atoms with Crippen LogP contribution in [0, 0.1) is 5.82 Å². The molecule has 1 heterocycles. The molecule has 0 bridgehead atoms. The minimum absolute atomic E-state index is 0.157. The predicted molar refractivity (Wildman–Crippen MR) is 73.1 cm³/mol. The lowest BCUT2D eigenvalue weighted by Crippen LogP contribution is -2.38. The molecule has 1 fully saturated rings. The van der Waals surface area contributed by atoms with Gasteiger partial charge in [0.1, 0.15) is 5.82 Å². The van der Waals surface area contributed by atoms with E-state index in [4.69, 9.17) is 0 Å². The maximum Gasteiger partial charge on any atom is 0.123 e. The van der Waals surface area contributed by atoms with Crippen molar-refractivity contribution in [3.63, 3.8) is 0 Å². The van der Waals surface area contributed by atoms with Crippen LogP contribution in [0.1, 0.15) is 38.3 Å². The number of hydrogen-bond acceptors (Lipinski definition) is 2. The molecule has 18 heavy (non-hydrogen) atoms. The molecule has 1 N–H and O–H groups in total. The summed E-state index contributed by atoms with van der Waals surface area (Å²) >= 11 is 0. The molecule has 0 aromatic heterocycles. The van der Waals surface area contributed by atoms with E-state index in [1.54, 1.807) is 12.1 Å². The highest BCUT2D eigenvalue weighted by atomic mass is 19.1. The monoisotopic (exact) mass is 250 g/mol. The van der Waals surface area contributed by atoms with E-state index in [0.717, 1.165) is 26.1 Å². The molecular weight excluding hydrogens is 227 g/mol. The second-order valence-corrected chi connectivity index (χ2v) is 5.14. The predicted octanol–water partition coefficient (Wildman–Crippen LogP) is 2.96. The van der Waals surface area contributed by atoms with Crippen LogP contribution in [0.3, 0.4) is 0 Å². The summed E-state index contributed by atoms with van der Waals surface area (Å²) in [5.74, 6) is -0.157. The zero-order valence-corrected chi connectivity index (χ0v) is 11.3. The Morgan fingerprint density at radius 3 is 2.78 bits per heavy atom. The molecule has 0 amide bonds. The van der Waals surface area contributed by atoms with E-state index < -0.39 is 0 Å². The van der Waals surface area contributed by atoms with Crippen molar-refractivity contribution in [2.45, 2.75) is 38.8 Å². The number of halogens is 1. The Labute approximate surface area is 109 Å². The second kappa shape index (κ2) is 6.30. The molecule has 1 aromatic carbocycles. The Bertz CT molecular complexity index is 363. The quantitative estimate of drug-likeness (QED) is 0.887. The first kappa shape index (κ1) is 13.5. The van der Waals surface area contributed by atoms with Crippen molar-refractivity contribution in [1.29, 1.82) is 0 Å². The maximum atomic E-state index is 13.0. The highest BCUT2D eigenvalue weighted by Crippen LogP contribution is 2.22. The SMILES string of the molecule is CCC1CN(C(C)c2ccc(F)cc2)CCCN1. The molecule has 100 valence electrons. The lowest BCUT2D eigenvalue weighted by Gasteiger charge is -2.30. The lowest BCUT2D eigenvalue weighted by atomic mass is 10.1. The van der Waals surface area contributed by atoms with Gasteiger partial charge in [0.2, 0.25) is 0 Å². The Morgan fingerprint density at radius 1 is 1.39 bits per heavy atom. The first-order valence-corrected chi connectivity index (χ1v) is 6.93. The maximum absolute atomic E-state index is 13.0. The summed E-state index contributed by atoms with van der Waals surface area (Å²) in [6.07, 6.45) is 2.34. The lowest BCUT2D eigenvalue weighted by molar-refractivity contribution is 0.205. The van der Waals surface area contributed by atoms with Gasteiger partial charge < -0.3 is 5.32 Å². The van der Waals surface area contributed by atoms with Gasteiger partial charge in [-0.3, -0.25) is 4.90 Å². The van der Waals surface area contributed by atoms with E-state index in [2.05, 4.69) is 24.1 Å². The Hall–Kier alpha value is -0.930. The van der Waals surface area contributed by atoms with Gasteiger partial charge in [0.15, 0.2) is 0 Å². The second-order valence-electron chi connectivity index (χ2n) is 5.14. The molecule has 1 aliphatic rings.